The normalized spacial score (nSPS) is 23.1. The summed E-state index contributed by atoms with van der Waals surface area (Å²) in [5, 5.41) is 0. The van der Waals surface area contributed by atoms with E-state index in [0.29, 0.717) is 18.9 Å². The predicted octanol–water partition coefficient (Wildman–Crippen LogP) is 3.28. The molecular formula is C16H29NO2. The smallest absolute Gasteiger partial charge is 0.222 e. The molecule has 0 N–H and O–H groups in total. The number of hydrogen-bond acceptors (Lipinski definition) is 2. The van der Waals surface area contributed by atoms with Gasteiger partial charge in [0.15, 0.2) is 5.78 Å². The molecule has 2 atom stereocenters. The highest BCUT2D eigenvalue weighted by atomic mass is 16.2. The number of carbonyl (C=O) groups excluding carboxylic acids is 2. The third-order valence-corrected chi connectivity index (χ3v) is 4.54. The molecule has 1 saturated heterocycles. The maximum atomic E-state index is 12.1. The molecule has 1 aliphatic rings. The molecule has 1 heterocycles. The lowest BCUT2D eigenvalue weighted by atomic mass is 9.77. The van der Waals surface area contributed by atoms with Crippen molar-refractivity contribution in [3.05, 3.63) is 0 Å². The molecule has 1 aliphatic heterocycles. The van der Waals surface area contributed by atoms with Crippen molar-refractivity contribution in [1.29, 1.82) is 0 Å². The zero-order chi connectivity index (χ0) is 14.6. The molecule has 110 valence electrons. The molecule has 1 rings (SSSR count). The fraction of sp³-hybridized carbons (Fsp3) is 0.875. The number of Topliss-reactive ketones (excluding diaryl/α,β-unsaturated/α-hetero) is 1. The first kappa shape index (κ1) is 16.2. The summed E-state index contributed by atoms with van der Waals surface area (Å²) in [7, 11) is 0. The number of rotatable bonds is 4. The van der Waals surface area contributed by atoms with Crippen molar-refractivity contribution in [2.45, 2.75) is 60.3 Å². The van der Waals surface area contributed by atoms with Crippen molar-refractivity contribution in [1.82, 2.24) is 4.90 Å². The van der Waals surface area contributed by atoms with E-state index in [1.807, 2.05) is 13.8 Å². The van der Waals surface area contributed by atoms with E-state index in [1.165, 1.54) is 0 Å². The van der Waals surface area contributed by atoms with Crippen LogP contribution in [0.3, 0.4) is 0 Å². The van der Waals surface area contributed by atoms with E-state index in [2.05, 4.69) is 20.8 Å². The Morgan fingerprint density at radius 3 is 2.53 bits per heavy atom. The average molecular weight is 267 g/mol. The molecule has 1 amide bonds. The van der Waals surface area contributed by atoms with E-state index in [0.717, 1.165) is 25.8 Å². The van der Waals surface area contributed by atoms with E-state index in [1.54, 1.807) is 4.90 Å². The second kappa shape index (κ2) is 6.53. The number of nitrogens with zero attached hydrogens (tertiary/aromatic N) is 1. The lowest BCUT2D eigenvalue weighted by molar-refractivity contribution is -0.136. The zero-order valence-corrected chi connectivity index (χ0v) is 13.2. The highest BCUT2D eigenvalue weighted by Gasteiger charge is 2.30. The monoisotopic (exact) mass is 267 g/mol. The molecule has 0 saturated carbocycles. The molecule has 3 nitrogen and oxygen atoms in total. The maximum Gasteiger partial charge on any atom is 0.222 e. The van der Waals surface area contributed by atoms with E-state index in [9.17, 15) is 9.59 Å². The van der Waals surface area contributed by atoms with Gasteiger partial charge < -0.3 is 4.90 Å². The number of likely N-dealkylation sites (tertiary alicyclic amines) is 1. The van der Waals surface area contributed by atoms with Crippen LogP contribution in [-0.4, -0.2) is 29.7 Å². The highest BCUT2D eigenvalue weighted by molar-refractivity contribution is 5.87. The third kappa shape index (κ3) is 4.63. The van der Waals surface area contributed by atoms with E-state index < -0.39 is 0 Å². The van der Waals surface area contributed by atoms with Crippen molar-refractivity contribution in [3.63, 3.8) is 0 Å². The second-order valence-corrected chi connectivity index (χ2v) is 6.98. The molecule has 0 spiro atoms. The van der Waals surface area contributed by atoms with Gasteiger partial charge in [-0.3, -0.25) is 9.59 Å². The summed E-state index contributed by atoms with van der Waals surface area (Å²) in [6, 6.07) is 0. The van der Waals surface area contributed by atoms with Gasteiger partial charge in [0.1, 0.15) is 0 Å². The molecule has 0 radical (unpaired) electrons. The van der Waals surface area contributed by atoms with Crippen LogP contribution in [0.1, 0.15) is 60.3 Å². The first-order valence-corrected chi connectivity index (χ1v) is 7.56. The Morgan fingerprint density at radius 2 is 2.00 bits per heavy atom. The van der Waals surface area contributed by atoms with Gasteiger partial charge in [0, 0.05) is 18.9 Å². The van der Waals surface area contributed by atoms with Crippen molar-refractivity contribution >= 4 is 11.7 Å². The van der Waals surface area contributed by atoms with Gasteiger partial charge in [-0.05, 0) is 30.6 Å². The van der Waals surface area contributed by atoms with E-state index >= 15 is 0 Å². The molecule has 0 aromatic carbocycles. The summed E-state index contributed by atoms with van der Waals surface area (Å²) < 4.78 is 0. The number of amides is 1. The largest absolute Gasteiger partial charge is 0.335 e. The van der Waals surface area contributed by atoms with Crippen LogP contribution in [0.2, 0.25) is 0 Å². The summed E-state index contributed by atoms with van der Waals surface area (Å²) >= 11 is 0. The Kier molecular flexibility index (Phi) is 5.57. The summed E-state index contributed by atoms with van der Waals surface area (Å²) in [5.41, 5.74) is 0.247. The van der Waals surface area contributed by atoms with Crippen molar-refractivity contribution in [3.8, 4) is 0 Å². The van der Waals surface area contributed by atoms with E-state index in [-0.39, 0.29) is 23.0 Å². The van der Waals surface area contributed by atoms with Crippen LogP contribution < -0.4 is 0 Å². The van der Waals surface area contributed by atoms with Crippen LogP contribution in [-0.2, 0) is 9.59 Å². The van der Waals surface area contributed by atoms with Gasteiger partial charge in [-0.1, -0.05) is 34.6 Å². The van der Waals surface area contributed by atoms with Crippen LogP contribution >= 0.6 is 0 Å². The molecule has 0 bridgehead atoms. The van der Waals surface area contributed by atoms with Gasteiger partial charge >= 0.3 is 0 Å². The topological polar surface area (TPSA) is 37.4 Å². The quantitative estimate of drug-likeness (QED) is 0.784. The SMILES string of the molecule is CCC(C)C(=O)CN1CCC(C(C)(C)C)CCC1=O. The summed E-state index contributed by atoms with van der Waals surface area (Å²) in [6.07, 6.45) is 3.42. The molecule has 1 fully saturated rings. The minimum Gasteiger partial charge on any atom is -0.335 e. The molecule has 3 heteroatoms. The van der Waals surface area contributed by atoms with Gasteiger partial charge in [0.25, 0.3) is 0 Å². The standard InChI is InChI=1S/C16H29NO2/c1-6-12(2)14(18)11-17-10-9-13(16(3,4)5)7-8-15(17)19/h12-13H,6-11H2,1-5H3. The van der Waals surface area contributed by atoms with Gasteiger partial charge in [0.2, 0.25) is 5.91 Å². The summed E-state index contributed by atoms with van der Waals surface area (Å²) in [6.45, 7) is 11.7. The number of carbonyl (C=O) groups is 2. The molecule has 2 unspecified atom stereocenters. The minimum absolute atomic E-state index is 0.0643. The van der Waals surface area contributed by atoms with Gasteiger partial charge in [-0.2, -0.15) is 0 Å². The van der Waals surface area contributed by atoms with Crippen molar-refractivity contribution in [2.24, 2.45) is 17.3 Å². The Morgan fingerprint density at radius 1 is 1.37 bits per heavy atom. The lowest BCUT2D eigenvalue weighted by Crippen LogP contribution is -2.37. The Balaban J connectivity index is 2.62. The summed E-state index contributed by atoms with van der Waals surface area (Å²) in [5.74, 6) is 0.989. The molecule has 0 aromatic heterocycles. The molecular weight excluding hydrogens is 238 g/mol. The fourth-order valence-corrected chi connectivity index (χ4v) is 2.64. The van der Waals surface area contributed by atoms with Gasteiger partial charge in [-0.25, -0.2) is 0 Å². The van der Waals surface area contributed by atoms with Crippen LogP contribution in [0.25, 0.3) is 0 Å². The summed E-state index contributed by atoms with van der Waals surface area (Å²) in [4.78, 5) is 25.9. The van der Waals surface area contributed by atoms with Crippen molar-refractivity contribution in [2.75, 3.05) is 13.1 Å². The van der Waals surface area contributed by atoms with Crippen LogP contribution in [0.15, 0.2) is 0 Å². The lowest BCUT2D eigenvalue weighted by Gasteiger charge is -2.29. The first-order valence-electron chi connectivity index (χ1n) is 7.56. The third-order valence-electron chi connectivity index (χ3n) is 4.54. The van der Waals surface area contributed by atoms with Crippen LogP contribution in [0, 0.1) is 17.3 Å². The Bertz CT molecular complexity index is 330. The number of ketones is 1. The predicted molar refractivity (Wildman–Crippen MR) is 77.8 cm³/mol. The maximum absolute atomic E-state index is 12.1. The Labute approximate surface area is 117 Å². The minimum atomic E-state index is 0.0643. The fourth-order valence-electron chi connectivity index (χ4n) is 2.64. The second-order valence-electron chi connectivity index (χ2n) is 6.98. The van der Waals surface area contributed by atoms with Gasteiger partial charge in [-0.15, -0.1) is 0 Å². The van der Waals surface area contributed by atoms with Crippen LogP contribution in [0.5, 0.6) is 0 Å². The molecule has 19 heavy (non-hydrogen) atoms. The Hall–Kier alpha value is -0.860. The first-order chi connectivity index (χ1) is 8.75. The average Bonchev–Trinajstić information content (AvgIpc) is 2.51. The zero-order valence-electron chi connectivity index (χ0n) is 13.2. The van der Waals surface area contributed by atoms with Crippen molar-refractivity contribution < 1.29 is 9.59 Å². The van der Waals surface area contributed by atoms with Crippen LogP contribution in [0.4, 0.5) is 0 Å². The van der Waals surface area contributed by atoms with Gasteiger partial charge in [0.05, 0.1) is 6.54 Å². The molecule has 0 aromatic rings. The molecule has 0 aliphatic carbocycles. The number of hydrogen-bond donors (Lipinski definition) is 0. The highest BCUT2D eigenvalue weighted by Crippen LogP contribution is 2.34. The van der Waals surface area contributed by atoms with E-state index in [4.69, 9.17) is 0 Å².